The van der Waals surface area contributed by atoms with Gasteiger partial charge in [0.1, 0.15) is 5.52 Å². The van der Waals surface area contributed by atoms with Gasteiger partial charge in [-0.25, -0.2) is 4.98 Å². The van der Waals surface area contributed by atoms with Crippen LogP contribution in [0.15, 0.2) is 24.3 Å². The molecule has 3 rings (SSSR count). The first kappa shape index (κ1) is 12.3. The van der Waals surface area contributed by atoms with Crippen molar-refractivity contribution < 1.29 is 0 Å². The van der Waals surface area contributed by atoms with Gasteiger partial charge in [-0.1, -0.05) is 25.0 Å². The molecule has 5 nitrogen and oxygen atoms in total. The lowest BCUT2D eigenvalue weighted by molar-refractivity contribution is 0.331. The largest absolute Gasteiger partial charge is 0.352 e. The molecule has 1 aromatic heterocycles. The number of rotatable bonds is 4. The predicted molar refractivity (Wildman–Crippen MR) is 75.8 cm³/mol. The average molecular weight is 257 g/mol. The first-order chi connectivity index (χ1) is 9.31. The monoisotopic (exact) mass is 257 g/mol. The van der Waals surface area contributed by atoms with Gasteiger partial charge in [0.25, 0.3) is 0 Å². The normalized spacial score (nSPS) is 17.7. The van der Waals surface area contributed by atoms with Crippen LogP contribution in [0.1, 0.15) is 25.7 Å². The van der Waals surface area contributed by atoms with Crippen LogP contribution in [0, 0.1) is 5.41 Å². The minimum absolute atomic E-state index is 0.217. The summed E-state index contributed by atoms with van der Waals surface area (Å²) in [6.07, 6.45) is 4.93. The van der Waals surface area contributed by atoms with Crippen LogP contribution in [0.2, 0.25) is 0 Å². The molecule has 2 aromatic rings. The van der Waals surface area contributed by atoms with E-state index >= 15 is 0 Å². The summed E-state index contributed by atoms with van der Waals surface area (Å²) in [5.74, 6) is 0.596. The van der Waals surface area contributed by atoms with E-state index in [9.17, 15) is 0 Å². The Morgan fingerprint density at radius 2 is 1.84 bits per heavy atom. The number of fused-ring (bicyclic) bond motifs is 1. The Labute approximate surface area is 112 Å². The van der Waals surface area contributed by atoms with Gasteiger partial charge in [-0.05, 0) is 36.9 Å². The maximum atomic E-state index is 5.93. The summed E-state index contributed by atoms with van der Waals surface area (Å²) in [6, 6.07) is 7.76. The Bertz CT molecular complexity index is 563. The maximum Gasteiger partial charge on any atom is 0.243 e. The molecule has 0 amide bonds. The molecule has 0 saturated heterocycles. The fraction of sp³-hybridized carbons (Fsp3) is 0.500. The fourth-order valence-electron chi connectivity index (χ4n) is 2.80. The highest BCUT2D eigenvalue weighted by Crippen LogP contribution is 2.36. The van der Waals surface area contributed by atoms with Crippen molar-refractivity contribution in [3.05, 3.63) is 24.3 Å². The van der Waals surface area contributed by atoms with Gasteiger partial charge in [0.2, 0.25) is 5.95 Å². The quantitative estimate of drug-likeness (QED) is 0.875. The summed E-state index contributed by atoms with van der Waals surface area (Å²) >= 11 is 0. The van der Waals surface area contributed by atoms with Gasteiger partial charge in [0.05, 0.1) is 5.52 Å². The molecule has 0 unspecified atom stereocenters. The van der Waals surface area contributed by atoms with Crippen molar-refractivity contribution in [3.63, 3.8) is 0 Å². The molecule has 0 radical (unpaired) electrons. The van der Waals surface area contributed by atoms with E-state index in [1.165, 1.54) is 25.7 Å². The van der Waals surface area contributed by atoms with Crippen molar-refractivity contribution in [1.29, 1.82) is 0 Å². The Hall–Kier alpha value is -1.75. The summed E-state index contributed by atoms with van der Waals surface area (Å²) in [5.41, 5.74) is 7.83. The topological polar surface area (TPSA) is 76.7 Å². The van der Waals surface area contributed by atoms with Crippen LogP contribution in [0.3, 0.4) is 0 Å². The van der Waals surface area contributed by atoms with E-state index in [2.05, 4.69) is 20.5 Å². The second-order valence-corrected chi connectivity index (χ2v) is 5.39. The Morgan fingerprint density at radius 3 is 2.58 bits per heavy atom. The third kappa shape index (κ3) is 2.51. The van der Waals surface area contributed by atoms with Crippen LogP contribution in [0.25, 0.3) is 11.0 Å². The third-order valence-electron chi connectivity index (χ3n) is 4.08. The van der Waals surface area contributed by atoms with Crippen LogP contribution in [0.5, 0.6) is 0 Å². The van der Waals surface area contributed by atoms with Gasteiger partial charge in [-0.3, -0.25) is 0 Å². The molecular weight excluding hydrogens is 238 g/mol. The van der Waals surface area contributed by atoms with Crippen LogP contribution in [-0.4, -0.2) is 28.3 Å². The third-order valence-corrected chi connectivity index (χ3v) is 4.08. The number of aromatic nitrogens is 3. The van der Waals surface area contributed by atoms with Gasteiger partial charge in [0, 0.05) is 6.54 Å². The standard InChI is InChI=1S/C14H19N5/c15-9-14(7-3-4-8-14)10-16-13-17-11-5-1-2-6-12(11)18-19-13/h1-2,5-6H,3-4,7-10,15H2,(H,16,17,19). The zero-order chi connectivity index (χ0) is 13.1. The van der Waals surface area contributed by atoms with Crippen LogP contribution < -0.4 is 11.1 Å². The molecule has 1 aliphatic rings. The van der Waals surface area contributed by atoms with E-state index in [0.717, 1.165) is 24.1 Å². The highest BCUT2D eigenvalue weighted by molar-refractivity contribution is 5.73. The number of nitrogens with zero attached hydrogens (tertiary/aromatic N) is 3. The smallest absolute Gasteiger partial charge is 0.243 e. The summed E-state index contributed by atoms with van der Waals surface area (Å²) < 4.78 is 0. The van der Waals surface area contributed by atoms with Crippen molar-refractivity contribution in [2.24, 2.45) is 11.1 Å². The molecule has 100 valence electrons. The molecule has 1 fully saturated rings. The van der Waals surface area contributed by atoms with E-state index in [4.69, 9.17) is 5.73 Å². The zero-order valence-electron chi connectivity index (χ0n) is 11.0. The number of para-hydroxylation sites is 1. The zero-order valence-corrected chi connectivity index (χ0v) is 11.0. The van der Waals surface area contributed by atoms with Crippen molar-refractivity contribution in [3.8, 4) is 0 Å². The number of nitrogens with two attached hydrogens (primary N) is 1. The van der Waals surface area contributed by atoms with E-state index in [0.29, 0.717) is 5.95 Å². The summed E-state index contributed by atoms with van der Waals surface area (Å²) in [5, 5.41) is 11.6. The summed E-state index contributed by atoms with van der Waals surface area (Å²) in [4.78, 5) is 4.48. The van der Waals surface area contributed by atoms with Crippen molar-refractivity contribution in [1.82, 2.24) is 15.2 Å². The average Bonchev–Trinajstić information content (AvgIpc) is 2.94. The maximum absolute atomic E-state index is 5.93. The summed E-state index contributed by atoms with van der Waals surface area (Å²) in [7, 11) is 0. The number of benzene rings is 1. The molecule has 3 N–H and O–H groups in total. The molecule has 0 aliphatic heterocycles. The van der Waals surface area contributed by atoms with Gasteiger partial charge < -0.3 is 11.1 Å². The van der Waals surface area contributed by atoms with Crippen molar-refractivity contribution in [2.75, 3.05) is 18.4 Å². The molecular formula is C14H19N5. The summed E-state index contributed by atoms with van der Waals surface area (Å²) in [6.45, 7) is 1.56. The minimum atomic E-state index is 0.217. The number of anilines is 1. The van der Waals surface area contributed by atoms with Crippen LogP contribution >= 0.6 is 0 Å². The van der Waals surface area contributed by atoms with Gasteiger partial charge in [-0.15, -0.1) is 10.2 Å². The van der Waals surface area contributed by atoms with Gasteiger partial charge >= 0.3 is 0 Å². The first-order valence-electron chi connectivity index (χ1n) is 6.85. The van der Waals surface area contributed by atoms with E-state index < -0.39 is 0 Å². The van der Waals surface area contributed by atoms with Crippen molar-refractivity contribution >= 4 is 17.0 Å². The Morgan fingerprint density at radius 1 is 1.11 bits per heavy atom. The fourth-order valence-corrected chi connectivity index (χ4v) is 2.80. The lowest BCUT2D eigenvalue weighted by Crippen LogP contribution is -2.35. The molecule has 1 saturated carbocycles. The van der Waals surface area contributed by atoms with Crippen LogP contribution in [-0.2, 0) is 0 Å². The van der Waals surface area contributed by atoms with Crippen LogP contribution in [0.4, 0.5) is 5.95 Å². The van der Waals surface area contributed by atoms with Gasteiger partial charge in [-0.2, -0.15) is 0 Å². The predicted octanol–water partition coefficient (Wildman–Crippen LogP) is 1.96. The molecule has 0 spiro atoms. The van der Waals surface area contributed by atoms with E-state index in [1.807, 2.05) is 24.3 Å². The molecule has 0 bridgehead atoms. The number of hydrogen-bond acceptors (Lipinski definition) is 5. The number of nitrogens with one attached hydrogen (secondary N) is 1. The van der Waals surface area contributed by atoms with E-state index in [-0.39, 0.29) is 5.41 Å². The molecule has 1 heterocycles. The highest BCUT2D eigenvalue weighted by atomic mass is 15.2. The minimum Gasteiger partial charge on any atom is -0.352 e. The Kier molecular flexibility index (Phi) is 3.29. The molecule has 1 aromatic carbocycles. The number of hydrogen-bond donors (Lipinski definition) is 2. The second kappa shape index (κ2) is 5.09. The molecule has 0 atom stereocenters. The highest BCUT2D eigenvalue weighted by Gasteiger charge is 2.32. The van der Waals surface area contributed by atoms with Gasteiger partial charge in [0.15, 0.2) is 0 Å². The Balaban J connectivity index is 1.74. The molecule has 5 heteroatoms. The van der Waals surface area contributed by atoms with E-state index in [1.54, 1.807) is 0 Å². The van der Waals surface area contributed by atoms with Crippen molar-refractivity contribution in [2.45, 2.75) is 25.7 Å². The second-order valence-electron chi connectivity index (χ2n) is 5.39. The SMILES string of the molecule is NCC1(CNc2nnc3ccccc3n2)CCCC1. The molecule has 1 aliphatic carbocycles. The lowest BCUT2D eigenvalue weighted by atomic mass is 9.86. The molecule has 19 heavy (non-hydrogen) atoms. The lowest BCUT2D eigenvalue weighted by Gasteiger charge is -2.27. The first-order valence-corrected chi connectivity index (χ1v) is 6.85.